The van der Waals surface area contributed by atoms with Crippen molar-refractivity contribution in [3.63, 3.8) is 0 Å². The van der Waals surface area contributed by atoms with Crippen molar-refractivity contribution in [3.8, 4) is 0 Å². The minimum atomic E-state index is -2.86. The molecule has 2 aliphatic rings. The summed E-state index contributed by atoms with van der Waals surface area (Å²) in [7, 11) is -0.783. The van der Waals surface area contributed by atoms with Gasteiger partial charge < -0.3 is 9.64 Å². The summed E-state index contributed by atoms with van der Waals surface area (Å²) in [4.78, 5) is 2.27. The predicted molar refractivity (Wildman–Crippen MR) is 81.7 cm³/mol. The Balaban J connectivity index is 1.95. The highest BCUT2D eigenvalue weighted by Gasteiger charge is 2.57. The van der Waals surface area contributed by atoms with Crippen molar-refractivity contribution < 1.29 is 13.2 Å². The van der Waals surface area contributed by atoms with E-state index in [-0.39, 0.29) is 11.5 Å². The van der Waals surface area contributed by atoms with E-state index >= 15 is 0 Å². The maximum Gasteiger partial charge on any atom is 0.151 e. The molecule has 0 aromatic carbocycles. The van der Waals surface area contributed by atoms with Gasteiger partial charge in [-0.25, -0.2) is 8.42 Å². The van der Waals surface area contributed by atoms with Crippen molar-refractivity contribution in [3.05, 3.63) is 0 Å². The molecule has 0 saturated heterocycles. The minimum absolute atomic E-state index is 0.248. The second-order valence-corrected chi connectivity index (χ2v) is 8.83. The van der Waals surface area contributed by atoms with Gasteiger partial charge >= 0.3 is 0 Å². The maximum absolute atomic E-state index is 11.7. The Bertz CT molecular complexity index is 415. The standard InChI is InChI=1S/C15H29NO3S/c1-4-19-14-12-13(15(14)8-6-7-9-15)16(3)10-11-20(17,18)5-2/h13-14H,4-12H2,1-3H3/t13-,14-/m1/s1. The Kier molecular flexibility index (Phi) is 5.14. The molecule has 0 unspecified atom stereocenters. The second-order valence-electron chi connectivity index (χ2n) is 6.35. The van der Waals surface area contributed by atoms with E-state index in [4.69, 9.17) is 4.74 Å². The molecule has 2 fully saturated rings. The molecule has 0 amide bonds. The summed E-state index contributed by atoms with van der Waals surface area (Å²) in [6.45, 7) is 5.23. The molecular formula is C15H29NO3S. The lowest BCUT2D eigenvalue weighted by atomic mass is 9.60. The van der Waals surface area contributed by atoms with Crippen LogP contribution in [0.2, 0.25) is 0 Å². The SMILES string of the molecule is CCO[C@@H]1C[C@@H](N(C)CCS(=O)(=O)CC)C12CCCC2. The van der Waals surface area contributed by atoms with E-state index < -0.39 is 9.84 Å². The van der Waals surface area contributed by atoms with Crippen LogP contribution in [0.3, 0.4) is 0 Å². The zero-order chi connectivity index (χ0) is 14.8. The van der Waals surface area contributed by atoms with Gasteiger partial charge in [-0.2, -0.15) is 0 Å². The van der Waals surface area contributed by atoms with Crippen LogP contribution in [0.4, 0.5) is 0 Å². The second kappa shape index (κ2) is 6.32. The van der Waals surface area contributed by atoms with Crippen molar-refractivity contribution in [1.29, 1.82) is 0 Å². The van der Waals surface area contributed by atoms with Gasteiger partial charge in [-0.05, 0) is 33.2 Å². The molecular weight excluding hydrogens is 274 g/mol. The Labute approximate surface area is 123 Å². The molecule has 5 heteroatoms. The van der Waals surface area contributed by atoms with E-state index in [0.717, 1.165) is 13.0 Å². The third-order valence-electron chi connectivity index (χ3n) is 5.37. The highest BCUT2D eigenvalue weighted by atomic mass is 32.2. The third kappa shape index (κ3) is 3.04. The highest BCUT2D eigenvalue weighted by Crippen LogP contribution is 2.56. The summed E-state index contributed by atoms with van der Waals surface area (Å²) in [5.41, 5.74) is 0.306. The third-order valence-corrected chi connectivity index (χ3v) is 7.06. The summed E-state index contributed by atoms with van der Waals surface area (Å²) < 4.78 is 29.2. The number of hydrogen-bond acceptors (Lipinski definition) is 4. The number of ether oxygens (including phenoxy) is 1. The Morgan fingerprint density at radius 1 is 1.25 bits per heavy atom. The van der Waals surface area contributed by atoms with E-state index in [1.165, 1.54) is 25.7 Å². The van der Waals surface area contributed by atoms with E-state index in [2.05, 4.69) is 18.9 Å². The maximum atomic E-state index is 11.7. The number of hydrogen-bond donors (Lipinski definition) is 0. The molecule has 0 bridgehead atoms. The van der Waals surface area contributed by atoms with E-state index in [0.29, 0.717) is 24.1 Å². The summed E-state index contributed by atoms with van der Waals surface area (Å²) in [5.74, 6) is 0.532. The van der Waals surface area contributed by atoms with Crippen molar-refractivity contribution >= 4 is 9.84 Å². The lowest BCUT2D eigenvalue weighted by molar-refractivity contribution is -0.159. The first-order valence-electron chi connectivity index (χ1n) is 7.97. The number of sulfone groups is 1. The smallest absolute Gasteiger partial charge is 0.151 e. The van der Waals surface area contributed by atoms with Gasteiger partial charge in [0.2, 0.25) is 0 Å². The topological polar surface area (TPSA) is 46.6 Å². The monoisotopic (exact) mass is 303 g/mol. The lowest BCUT2D eigenvalue weighted by Crippen LogP contribution is -2.63. The first-order chi connectivity index (χ1) is 9.45. The fourth-order valence-corrected chi connectivity index (χ4v) is 4.91. The fraction of sp³-hybridized carbons (Fsp3) is 1.00. The first-order valence-corrected chi connectivity index (χ1v) is 9.79. The van der Waals surface area contributed by atoms with Gasteiger partial charge in [0.1, 0.15) is 0 Å². The van der Waals surface area contributed by atoms with Crippen LogP contribution in [0.5, 0.6) is 0 Å². The molecule has 2 rings (SSSR count). The lowest BCUT2D eigenvalue weighted by Gasteiger charge is -2.57. The first kappa shape index (κ1) is 16.2. The molecule has 0 heterocycles. The van der Waals surface area contributed by atoms with Crippen LogP contribution in [0.25, 0.3) is 0 Å². The average Bonchev–Trinajstić information content (AvgIpc) is 2.93. The van der Waals surface area contributed by atoms with Gasteiger partial charge in [-0.3, -0.25) is 0 Å². The van der Waals surface area contributed by atoms with E-state index in [1.807, 2.05) is 0 Å². The Hall–Kier alpha value is -0.130. The quantitative estimate of drug-likeness (QED) is 0.722. The van der Waals surface area contributed by atoms with Crippen LogP contribution >= 0.6 is 0 Å². The zero-order valence-corrected chi connectivity index (χ0v) is 13.9. The van der Waals surface area contributed by atoms with Crippen molar-refractivity contribution in [2.45, 2.75) is 58.1 Å². The van der Waals surface area contributed by atoms with E-state index in [9.17, 15) is 8.42 Å². The van der Waals surface area contributed by atoms with Crippen molar-refractivity contribution in [2.24, 2.45) is 5.41 Å². The normalized spacial score (nSPS) is 29.0. The molecule has 0 aromatic rings. The molecule has 0 radical (unpaired) electrons. The largest absolute Gasteiger partial charge is 0.378 e. The molecule has 2 aliphatic carbocycles. The van der Waals surface area contributed by atoms with Crippen molar-refractivity contribution in [2.75, 3.05) is 31.7 Å². The summed E-state index contributed by atoms with van der Waals surface area (Å²) in [6, 6.07) is 0.508. The van der Waals surface area contributed by atoms with E-state index in [1.54, 1.807) is 6.92 Å². The van der Waals surface area contributed by atoms with Gasteiger partial charge in [0.15, 0.2) is 9.84 Å². The van der Waals surface area contributed by atoms with Gasteiger partial charge in [0.05, 0.1) is 11.9 Å². The summed E-state index contributed by atoms with van der Waals surface area (Å²) in [6.07, 6.45) is 6.53. The van der Waals surface area contributed by atoms with Crippen LogP contribution < -0.4 is 0 Å². The van der Waals surface area contributed by atoms with Crippen molar-refractivity contribution in [1.82, 2.24) is 4.90 Å². The number of rotatable bonds is 7. The molecule has 2 atom stereocenters. The Morgan fingerprint density at radius 3 is 2.45 bits per heavy atom. The minimum Gasteiger partial charge on any atom is -0.378 e. The zero-order valence-electron chi connectivity index (χ0n) is 13.1. The molecule has 4 nitrogen and oxygen atoms in total. The summed E-state index contributed by atoms with van der Waals surface area (Å²) in [5, 5.41) is 0. The van der Waals surface area contributed by atoms with Gasteiger partial charge in [-0.15, -0.1) is 0 Å². The predicted octanol–water partition coefficient (Wildman–Crippen LogP) is 2.09. The molecule has 20 heavy (non-hydrogen) atoms. The molecule has 0 aliphatic heterocycles. The molecule has 118 valence electrons. The van der Waals surface area contributed by atoms with Gasteiger partial charge in [0.25, 0.3) is 0 Å². The molecule has 0 N–H and O–H groups in total. The molecule has 0 aromatic heterocycles. The number of nitrogens with zero attached hydrogens (tertiary/aromatic N) is 1. The average molecular weight is 303 g/mol. The van der Waals surface area contributed by atoms with Crippen LogP contribution in [0.1, 0.15) is 46.0 Å². The van der Waals surface area contributed by atoms with Gasteiger partial charge in [0, 0.05) is 30.4 Å². The van der Waals surface area contributed by atoms with Crippen LogP contribution in [-0.2, 0) is 14.6 Å². The Morgan fingerprint density at radius 2 is 1.90 bits per heavy atom. The van der Waals surface area contributed by atoms with Gasteiger partial charge in [-0.1, -0.05) is 19.8 Å². The fourth-order valence-electron chi connectivity index (χ4n) is 4.05. The molecule has 1 spiro atoms. The van der Waals surface area contributed by atoms with Crippen LogP contribution in [0.15, 0.2) is 0 Å². The highest BCUT2D eigenvalue weighted by molar-refractivity contribution is 7.91. The van der Waals surface area contributed by atoms with Crippen LogP contribution in [-0.4, -0.2) is 57.2 Å². The molecule has 2 saturated carbocycles. The van der Waals surface area contributed by atoms with Crippen LogP contribution in [0, 0.1) is 5.41 Å². The summed E-state index contributed by atoms with van der Waals surface area (Å²) >= 11 is 0.